The summed E-state index contributed by atoms with van der Waals surface area (Å²) in [5.41, 5.74) is 2.94. The molecule has 8 heteroatoms. The smallest absolute Gasteiger partial charge is 0.266 e. The second kappa shape index (κ2) is 12.2. The van der Waals surface area contributed by atoms with Crippen LogP contribution in [0, 0.1) is 18.3 Å². The van der Waals surface area contributed by atoms with Crippen molar-refractivity contribution in [1.29, 1.82) is 5.26 Å². The summed E-state index contributed by atoms with van der Waals surface area (Å²) in [6, 6.07) is 22.1. The van der Waals surface area contributed by atoms with E-state index in [-0.39, 0.29) is 17.2 Å². The Bertz CT molecular complexity index is 1590. The number of aryl methyl sites for hydroxylation is 1. The SMILES string of the molecule is CCOc1cc(/C=C(\C#N)C(=O)Nc2ccc(Cl)c(Cl)c2)cc(Cl)c1OCc1c(C)ccc2ccccc12. The Morgan fingerprint density at radius 1 is 0.974 bits per heavy atom. The lowest BCUT2D eigenvalue weighted by Gasteiger charge is -2.17. The van der Waals surface area contributed by atoms with Gasteiger partial charge in [0.15, 0.2) is 11.5 Å². The number of benzene rings is 4. The molecular weight excluding hydrogens is 543 g/mol. The van der Waals surface area contributed by atoms with Crippen LogP contribution in [0.25, 0.3) is 16.8 Å². The topological polar surface area (TPSA) is 71.3 Å². The molecule has 0 heterocycles. The van der Waals surface area contributed by atoms with Crippen LogP contribution in [0.5, 0.6) is 11.5 Å². The molecule has 0 radical (unpaired) electrons. The first-order valence-corrected chi connectivity index (χ1v) is 12.9. The number of nitrogens with zero attached hydrogens (tertiary/aromatic N) is 1. The number of nitriles is 1. The van der Waals surface area contributed by atoms with Gasteiger partial charge in [0.2, 0.25) is 0 Å². The number of fused-ring (bicyclic) bond motifs is 1. The summed E-state index contributed by atoms with van der Waals surface area (Å²) in [5, 5.41) is 15.4. The number of rotatable bonds is 8. The lowest BCUT2D eigenvalue weighted by Crippen LogP contribution is -2.13. The number of ether oxygens (including phenoxy) is 2. The summed E-state index contributed by atoms with van der Waals surface area (Å²) in [7, 11) is 0. The highest BCUT2D eigenvalue weighted by Crippen LogP contribution is 2.38. The summed E-state index contributed by atoms with van der Waals surface area (Å²) in [4.78, 5) is 12.7. The average Bonchev–Trinajstić information content (AvgIpc) is 2.90. The number of nitrogens with one attached hydrogen (secondary N) is 1. The first kappa shape index (κ1) is 27.3. The van der Waals surface area contributed by atoms with Crippen LogP contribution in [0.15, 0.2) is 72.3 Å². The molecule has 0 unspecified atom stereocenters. The van der Waals surface area contributed by atoms with E-state index in [1.165, 1.54) is 12.1 Å². The van der Waals surface area contributed by atoms with Crippen LogP contribution in [-0.4, -0.2) is 12.5 Å². The summed E-state index contributed by atoms with van der Waals surface area (Å²) >= 11 is 18.6. The molecule has 0 bridgehead atoms. The standard InChI is InChI=1S/C30H23Cl3N2O3/c1-3-37-28-14-19(12-21(16-34)30(36)35-22-10-11-25(31)26(32)15-22)13-27(33)29(28)38-17-24-18(2)8-9-20-6-4-5-7-23(20)24/h4-15H,3,17H2,1-2H3,(H,35,36)/b21-12+. The first-order valence-electron chi connectivity index (χ1n) is 11.7. The summed E-state index contributed by atoms with van der Waals surface area (Å²) in [6.45, 7) is 4.55. The van der Waals surface area contributed by atoms with Gasteiger partial charge in [-0.15, -0.1) is 0 Å². The molecule has 0 aliphatic heterocycles. The lowest BCUT2D eigenvalue weighted by atomic mass is 10.0. The third-order valence-electron chi connectivity index (χ3n) is 5.82. The van der Waals surface area contributed by atoms with Crippen LogP contribution in [0.1, 0.15) is 23.6 Å². The zero-order valence-electron chi connectivity index (χ0n) is 20.6. The highest BCUT2D eigenvalue weighted by Gasteiger charge is 2.16. The minimum Gasteiger partial charge on any atom is -0.490 e. The fraction of sp³-hybridized carbons (Fsp3) is 0.133. The molecule has 0 aromatic heterocycles. The van der Waals surface area contributed by atoms with Crippen molar-refractivity contribution in [2.24, 2.45) is 0 Å². The molecule has 0 saturated carbocycles. The molecule has 1 amide bonds. The molecule has 0 aliphatic carbocycles. The van der Waals surface area contributed by atoms with Gasteiger partial charge < -0.3 is 14.8 Å². The van der Waals surface area contributed by atoms with Gasteiger partial charge in [-0.2, -0.15) is 5.26 Å². The van der Waals surface area contributed by atoms with Crippen molar-refractivity contribution in [2.75, 3.05) is 11.9 Å². The van der Waals surface area contributed by atoms with Gasteiger partial charge in [-0.3, -0.25) is 4.79 Å². The van der Waals surface area contributed by atoms with Gasteiger partial charge in [0.1, 0.15) is 18.2 Å². The Labute approximate surface area is 236 Å². The summed E-state index contributed by atoms with van der Waals surface area (Å²) in [5.74, 6) is 0.190. The molecule has 1 N–H and O–H groups in total. The van der Waals surface area contributed by atoms with E-state index in [1.807, 2.05) is 32.0 Å². The average molecular weight is 566 g/mol. The molecule has 0 atom stereocenters. The van der Waals surface area contributed by atoms with E-state index in [9.17, 15) is 10.1 Å². The number of halogens is 3. The molecule has 192 valence electrons. The Hall–Kier alpha value is -3.69. The van der Waals surface area contributed by atoms with Crippen LogP contribution < -0.4 is 14.8 Å². The van der Waals surface area contributed by atoms with Gasteiger partial charge in [-0.25, -0.2) is 0 Å². The molecule has 4 aromatic carbocycles. The van der Waals surface area contributed by atoms with Gasteiger partial charge in [0.05, 0.1) is 21.7 Å². The molecule has 38 heavy (non-hydrogen) atoms. The number of anilines is 1. The zero-order chi connectivity index (χ0) is 27.2. The van der Waals surface area contributed by atoms with Crippen LogP contribution in [0.2, 0.25) is 15.1 Å². The van der Waals surface area contributed by atoms with Crippen molar-refractivity contribution in [3.05, 3.63) is 104 Å². The second-order valence-electron chi connectivity index (χ2n) is 8.39. The first-order chi connectivity index (χ1) is 18.3. The molecular formula is C30H23Cl3N2O3. The Kier molecular flexibility index (Phi) is 8.81. The molecule has 5 nitrogen and oxygen atoms in total. The van der Waals surface area contributed by atoms with Gasteiger partial charge in [-0.05, 0) is 72.2 Å². The molecule has 0 spiro atoms. The van der Waals surface area contributed by atoms with E-state index in [4.69, 9.17) is 44.3 Å². The van der Waals surface area contributed by atoms with E-state index in [2.05, 4.69) is 29.6 Å². The highest BCUT2D eigenvalue weighted by atomic mass is 35.5. The molecule has 4 rings (SSSR count). The van der Waals surface area contributed by atoms with E-state index in [0.29, 0.717) is 39.4 Å². The second-order valence-corrected chi connectivity index (χ2v) is 9.61. The van der Waals surface area contributed by atoms with Crippen molar-refractivity contribution in [3.63, 3.8) is 0 Å². The molecule has 0 fully saturated rings. The Morgan fingerprint density at radius 2 is 1.76 bits per heavy atom. The fourth-order valence-corrected chi connectivity index (χ4v) is 4.51. The molecule has 4 aromatic rings. The lowest BCUT2D eigenvalue weighted by molar-refractivity contribution is -0.112. The third kappa shape index (κ3) is 6.23. The van der Waals surface area contributed by atoms with Gasteiger partial charge in [0.25, 0.3) is 5.91 Å². The van der Waals surface area contributed by atoms with Crippen molar-refractivity contribution in [2.45, 2.75) is 20.5 Å². The summed E-state index contributed by atoms with van der Waals surface area (Å²) < 4.78 is 12.0. The fourth-order valence-electron chi connectivity index (χ4n) is 3.94. The predicted octanol–water partition coefficient (Wildman–Crippen LogP) is 8.63. The quantitative estimate of drug-likeness (QED) is 0.171. The van der Waals surface area contributed by atoms with E-state index in [1.54, 1.807) is 24.3 Å². The summed E-state index contributed by atoms with van der Waals surface area (Å²) in [6.07, 6.45) is 1.43. The minimum atomic E-state index is -0.605. The van der Waals surface area contributed by atoms with E-state index in [0.717, 1.165) is 21.9 Å². The normalized spacial score (nSPS) is 11.2. The van der Waals surface area contributed by atoms with Crippen LogP contribution in [0.3, 0.4) is 0 Å². The molecule has 0 aliphatic rings. The van der Waals surface area contributed by atoms with Crippen molar-refractivity contribution in [3.8, 4) is 17.6 Å². The third-order valence-corrected chi connectivity index (χ3v) is 6.84. The van der Waals surface area contributed by atoms with Gasteiger partial charge in [-0.1, -0.05) is 71.2 Å². The number of carbonyl (C=O) groups excluding carboxylic acids is 1. The van der Waals surface area contributed by atoms with Crippen molar-refractivity contribution in [1.82, 2.24) is 0 Å². The zero-order valence-corrected chi connectivity index (χ0v) is 22.9. The number of amides is 1. The van der Waals surface area contributed by atoms with E-state index < -0.39 is 5.91 Å². The predicted molar refractivity (Wildman–Crippen MR) is 154 cm³/mol. The number of hydrogen-bond acceptors (Lipinski definition) is 4. The van der Waals surface area contributed by atoms with Crippen molar-refractivity contribution < 1.29 is 14.3 Å². The number of carbonyl (C=O) groups is 1. The van der Waals surface area contributed by atoms with E-state index >= 15 is 0 Å². The maximum Gasteiger partial charge on any atom is 0.266 e. The maximum atomic E-state index is 12.7. The Morgan fingerprint density at radius 3 is 2.50 bits per heavy atom. The van der Waals surface area contributed by atoms with Gasteiger partial charge >= 0.3 is 0 Å². The molecule has 0 saturated heterocycles. The van der Waals surface area contributed by atoms with Gasteiger partial charge in [0, 0.05) is 11.3 Å². The maximum absolute atomic E-state index is 12.7. The number of hydrogen-bond donors (Lipinski definition) is 1. The monoisotopic (exact) mass is 564 g/mol. The highest BCUT2D eigenvalue weighted by molar-refractivity contribution is 6.42. The van der Waals surface area contributed by atoms with Crippen LogP contribution in [-0.2, 0) is 11.4 Å². The largest absolute Gasteiger partial charge is 0.490 e. The van der Waals surface area contributed by atoms with Crippen LogP contribution >= 0.6 is 34.8 Å². The van der Waals surface area contributed by atoms with Crippen LogP contribution in [0.4, 0.5) is 5.69 Å². The van der Waals surface area contributed by atoms with Crippen molar-refractivity contribution >= 4 is 63.2 Å². The minimum absolute atomic E-state index is 0.130. The Balaban J connectivity index is 1.61.